The minimum Gasteiger partial charge on any atom is -0.439 e. The van der Waals surface area contributed by atoms with Crippen LogP contribution in [0, 0.1) is 5.82 Å². The summed E-state index contributed by atoms with van der Waals surface area (Å²) in [5.74, 6) is 0.897. The lowest BCUT2D eigenvalue weighted by Crippen LogP contribution is -2.28. The topological polar surface area (TPSA) is 94.0 Å². The van der Waals surface area contributed by atoms with Gasteiger partial charge in [0.1, 0.15) is 11.6 Å². The zero-order valence-corrected chi connectivity index (χ0v) is 15.7. The number of urea groups is 1. The van der Waals surface area contributed by atoms with Gasteiger partial charge in [-0.1, -0.05) is 6.07 Å². The fourth-order valence-electron chi connectivity index (χ4n) is 2.62. The van der Waals surface area contributed by atoms with Crippen LogP contribution >= 0.6 is 0 Å². The average Bonchev–Trinajstić information content (AvgIpc) is 3.29. The molecule has 0 fully saturated rings. The minimum atomic E-state index is -0.395. The van der Waals surface area contributed by atoms with E-state index >= 15 is 0 Å². The molecule has 0 aliphatic rings. The van der Waals surface area contributed by atoms with Crippen LogP contribution in [0.2, 0.25) is 0 Å². The number of carbonyl (C=O) groups is 1. The average molecular weight is 404 g/mol. The van der Waals surface area contributed by atoms with Gasteiger partial charge in [-0.3, -0.25) is 0 Å². The third-order valence-electron chi connectivity index (χ3n) is 4.01. The number of pyridine rings is 2. The van der Waals surface area contributed by atoms with Crippen molar-refractivity contribution in [1.82, 2.24) is 25.1 Å². The van der Waals surface area contributed by atoms with E-state index in [4.69, 9.17) is 4.74 Å². The molecule has 1 aromatic carbocycles. The van der Waals surface area contributed by atoms with Crippen LogP contribution in [0.1, 0.15) is 5.56 Å². The van der Waals surface area contributed by atoms with Gasteiger partial charge in [-0.25, -0.2) is 23.8 Å². The normalized spacial score (nSPS) is 10.4. The molecule has 3 aromatic heterocycles. The van der Waals surface area contributed by atoms with Crippen LogP contribution in [0.15, 0.2) is 79.4 Å². The molecule has 4 rings (SSSR count). The van der Waals surface area contributed by atoms with Crippen LogP contribution in [0.5, 0.6) is 11.6 Å². The van der Waals surface area contributed by atoms with Crippen LogP contribution in [0.4, 0.5) is 14.9 Å². The van der Waals surface area contributed by atoms with Gasteiger partial charge in [-0.2, -0.15) is 5.10 Å². The molecule has 0 spiro atoms. The summed E-state index contributed by atoms with van der Waals surface area (Å²) >= 11 is 0. The van der Waals surface area contributed by atoms with E-state index in [-0.39, 0.29) is 11.9 Å². The lowest BCUT2D eigenvalue weighted by Gasteiger charge is -2.09. The molecule has 2 N–H and O–H groups in total. The van der Waals surface area contributed by atoms with E-state index in [1.54, 1.807) is 47.5 Å². The van der Waals surface area contributed by atoms with E-state index in [1.807, 2.05) is 18.2 Å². The minimum absolute atomic E-state index is 0.287. The number of hydrogen-bond acceptors (Lipinski definition) is 5. The van der Waals surface area contributed by atoms with Gasteiger partial charge in [0.15, 0.2) is 5.82 Å². The zero-order chi connectivity index (χ0) is 20.8. The summed E-state index contributed by atoms with van der Waals surface area (Å²) in [4.78, 5) is 20.5. The molecule has 3 heterocycles. The summed E-state index contributed by atoms with van der Waals surface area (Å²) in [5, 5.41) is 9.60. The van der Waals surface area contributed by atoms with Gasteiger partial charge in [-0.05, 0) is 42.0 Å². The van der Waals surface area contributed by atoms with Crippen molar-refractivity contribution >= 4 is 11.7 Å². The molecule has 0 saturated carbocycles. The third kappa shape index (κ3) is 4.96. The van der Waals surface area contributed by atoms with Crippen LogP contribution in [-0.4, -0.2) is 25.8 Å². The molecular formula is C21H17FN6O2. The molecule has 150 valence electrons. The van der Waals surface area contributed by atoms with Gasteiger partial charge >= 0.3 is 6.03 Å². The number of anilines is 1. The Morgan fingerprint density at radius 3 is 2.77 bits per heavy atom. The Balaban J connectivity index is 1.30. The molecule has 9 heteroatoms. The Labute approximate surface area is 171 Å². The number of carbonyl (C=O) groups excluding carboxylic acids is 1. The van der Waals surface area contributed by atoms with Crippen LogP contribution in [0.25, 0.3) is 5.82 Å². The van der Waals surface area contributed by atoms with E-state index < -0.39 is 5.82 Å². The Kier molecular flexibility index (Phi) is 5.61. The first-order valence-electron chi connectivity index (χ1n) is 9.05. The second-order valence-corrected chi connectivity index (χ2v) is 6.23. The second-order valence-electron chi connectivity index (χ2n) is 6.23. The molecule has 0 atom stereocenters. The van der Waals surface area contributed by atoms with Gasteiger partial charge in [-0.15, -0.1) is 0 Å². The van der Waals surface area contributed by atoms with E-state index in [1.165, 1.54) is 18.3 Å². The number of nitrogens with one attached hydrogen (secondary N) is 2. The molecule has 0 aliphatic carbocycles. The quantitative estimate of drug-likeness (QED) is 0.508. The summed E-state index contributed by atoms with van der Waals surface area (Å²) in [7, 11) is 0. The van der Waals surface area contributed by atoms with Crippen molar-refractivity contribution < 1.29 is 13.9 Å². The van der Waals surface area contributed by atoms with E-state index in [0.29, 0.717) is 23.8 Å². The highest BCUT2D eigenvalue weighted by atomic mass is 19.1. The number of rotatable bonds is 6. The monoisotopic (exact) mass is 404 g/mol. The molecule has 0 bridgehead atoms. The lowest BCUT2D eigenvalue weighted by atomic mass is 10.2. The Hall–Kier alpha value is -4.27. The maximum absolute atomic E-state index is 13.2. The fraction of sp³-hybridized carbons (Fsp3) is 0.0476. The second kappa shape index (κ2) is 8.82. The van der Waals surface area contributed by atoms with Crippen molar-refractivity contribution in [2.45, 2.75) is 6.54 Å². The van der Waals surface area contributed by atoms with Crippen molar-refractivity contribution in [2.24, 2.45) is 0 Å². The van der Waals surface area contributed by atoms with Crippen molar-refractivity contribution in [1.29, 1.82) is 0 Å². The summed E-state index contributed by atoms with van der Waals surface area (Å²) in [6, 6.07) is 14.1. The van der Waals surface area contributed by atoms with Gasteiger partial charge < -0.3 is 15.4 Å². The van der Waals surface area contributed by atoms with Crippen molar-refractivity contribution in [2.75, 3.05) is 5.32 Å². The molecule has 0 radical (unpaired) electrons. The van der Waals surface area contributed by atoms with Crippen molar-refractivity contribution in [3.63, 3.8) is 0 Å². The Morgan fingerprint density at radius 2 is 2.00 bits per heavy atom. The molecule has 0 saturated heterocycles. The van der Waals surface area contributed by atoms with Crippen LogP contribution in [0.3, 0.4) is 0 Å². The van der Waals surface area contributed by atoms with E-state index in [2.05, 4.69) is 25.7 Å². The number of aromatic nitrogens is 4. The summed E-state index contributed by atoms with van der Waals surface area (Å²) < 4.78 is 20.3. The predicted octanol–water partition coefficient (Wildman–Crippen LogP) is 3.92. The summed E-state index contributed by atoms with van der Waals surface area (Å²) in [5.41, 5.74) is 1.37. The number of ether oxygens (including phenoxy) is 1. The van der Waals surface area contributed by atoms with Gasteiger partial charge in [0.05, 0.1) is 11.9 Å². The molecule has 0 aliphatic heterocycles. The molecule has 2 amide bonds. The van der Waals surface area contributed by atoms with Crippen molar-refractivity contribution in [3.05, 3.63) is 90.8 Å². The van der Waals surface area contributed by atoms with Crippen molar-refractivity contribution in [3.8, 4) is 17.4 Å². The fourth-order valence-corrected chi connectivity index (χ4v) is 2.62. The first-order chi connectivity index (χ1) is 14.7. The van der Waals surface area contributed by atoms with E-state index in [9.17, 15) is 9.18 Å². The number of amides is 2. The maximum atomic E-state index is 13.2. The summed E-state index contributed by atoms with van der Waals surface area (Å²) in [6.45, 7) is 0.316. The third-order valence-corrected chi connectivity index (χ3v) is 4.01. The number of halogens is 1. The highest BCUT2D eigenvalue weighted by Gasteiger charge is 2.06. The Morgan fingerprint density at radius 1 is 1.07 bits per heavy atom. The Bertz CT molecular complexity index is 1130. The van der Waals surface area contributed by atoms with Crippen LogP contribution in [-0.2, 0) is 6.54 Å². The number of hydrogen-bond donors (Lipinski definition) is 2. The van der Waals surface area contributed by atoms with Crippen LogP contribution < -0.4 is 15.4 Å². The van der Waals surface area contributed by atoms with Gasteiger partial charge in [0.25, 0.3) is 0 Å². The highest BCUT2D eigenvalue weighted by molar-refractivity contribution is 5.88. The smallest absolute Gasteiger partial charge is 0.319 e. The largest absolute Gasteiger partial charge is 0.439 e. The standard InChI is InChI=1S/C21H17FN6O2/c22-16-3-1-4-18(12-16)30-20-6-5-17(14-24-20)27-21(29)25-13-15-7-9-23-19(11-15)28-10-2-8-26-28/h1-12,14H,13H2,(H2,25,27,29). The molecule has 4 aromatic rings. The first kappa shape index (κ1) is 19.1. The maximum Gasteiger partial charge on any atom is 0.319 e. The summed E-state index contributed by atoms with van der Waals surface area (Å²) in [6.07, 6.45) is 6.58. The molecule has 0 unspecified atom stereocenters. The molecule has 8 nitrogen and oxygen atoms in total. The number of nitrogens with zero attached hydrogens (tertiary/aromatic N) is 4. The highest BCUT2D eigenvalue weighted by Crippen LogP contribution is 2.21. The first-order valence-corrected chi connectivity index (χ1v) is 9.05. The lowest BCUT2D eigenvalue weighted by molar-refractivity contribution is 0.251. The molecule has 30 heavy (non-hydrogen) atoms. The van der Waals surface area contributed by atoms with Gasteiger partial charge in [0, 0.05) is 37.3 Å². The molecular weight excluding hydrogens is 387 g/mol. The van der Waals surface area contributed by atoms with Gasteiger partial charge in [0.2, 0.25) is 5.88 Å². The number of benzene rings is 1. The zero-order valence-electron chi connectivity index (χ0n) is 15.7. The van der Waals surface area contributed by atoms with E-state index in [0.717, 1.165) is 5.56 Å². The SMILES string of the molecule is O=C(NCc1ccnc(-n2cccn2)c1)Nc1ccc(Oc2cccc(F)c2)nc1. The predicted molar refractivity (Wildman–Crippen MR) is 108 cm³/mol.